The Kier molecular flexibility index (Phi) is 3.33. The molecule has 0 radical (unpaired) electrons. The Balaban J connectivity index is 0.00000110. The van der Waals surface area contributed by atoms with Gasteiger partial charge in [0.25, 0.3) is 6.01 Å². The minimum Gasteiger partial charge on any atom is -0.423 e. The lowest BCUT2D eigenvalue weighted by molar-refractivity contribution is 0.193. The first-order valence-corrected chi connectivity index (χ1v) is 6.72. The van der Waals surface area contributed by atoms with Gasteiger partial charge in [-0.05, 0) is 37.1 Å². The number of nitrogens with zero attached hydrogens (tertiary/aromatic N) is 2. The maximum atomic E-state index is 5.96. The van der Waals surface area contributed by atoms with Crippen molar-refractivity contribution in [3.63, 3.8) is 0 Å². The number of benzene rings is 1. The normalized spacial score (nSPS) is 25.6. The molecule has 2 saturated heterocycles. The lowest BCUT2D eigenvalue weighted by atomic mass is 9.85. The van der Waals surface area contributed by atoms with Crippen molar-refractivity contribution in [3.05, 3.63) is 23.2 Å². The van der Waals surface area contributed by atoms with Crippen molar-refractivity contribution in [2.45, 2.75) is 12.5 Å². The number of anilines is 1. The summed E-state index contributed by atoms with van der Waals surface area (Å²) in [6.07, 6.45) is 1.22. The van der Waals surface area contributed by atoms with Gasteiger partial charge in [-0.3, -0.25) is 0 Å². The molecule has 1 aromatic heterocycles. The second-order valence-corrected chi connectivity index (χ2v) is 5.55. The third-order valence-electron chi connectivity index (χ3n) is 4.01. The molecule has 0 spiro atoms. The molecule has 0 saturated carbocycles. The first-order chi connectivity index (χ1) is 8.79. The van der Waals surface area contributed by atoms with Crippen molar-refractivity contribution in [2.75, 3.05) is 24.5 Å². The predicted molar refractivity (Wildman–Crippen MR) is 78.4 cm³/mol. The van der Waals surface area contributed by atoms with Gasteiger partial charge in [0, 0.05) is 24.2 Å². The lowest BCUT2D eigenvalue weighted by Crippen LogP contribution is -2.62. The van der Waals surface area contributed by atoms with E-state index in [4.69, 9.17) is 16.0 Å². The fraction of sp³-hybridized carbons (Fsp3) is 0.462. The van der Waals surface area contributed by atoms with E-state index in [1.807, 2.05) is 18.2 Å². The molecule has 1 N–H and O–H groups in total. The predicted octanol–water partition coefficient (Wildman–Crippen LogP) is 2.70. The molecular formula is C13H15Cl2N3O. The van der Waals surface area contributed by atoms with Crippen LogP contribution in [0.2, 0.25) is 5.02 Å². The summed E-state index contributed by atoms with van der Waals surface area (Å²) < 4.78 is 5.80. The summed E-state index contributed by atoms with van der Waals surface area (Å²) in [5, 5.41) is 4.15. The van der Waals surface area contributed by atoms with E-state index >= 15 is 0 Å². The van der Waals surface area contributed by atoms with E-state index < -0.39 is 0 Å². The van der Waals surface area contributed by atoms with Crippen LogP contribution in [0, 0.1) is 5.92 Å². The number of aromatic nitrogens is 1. The van der Waals surface area contributed by atoms with Gasteiger partial charge in [-0.1, -0.05) is 11.6 Å². The number of nitrogens with one attached hydrogen (secondary N) is 1. The zero-order chi connectivity index (χ0) is 12.1. The topological polar surface area (TPSA) is 41.3 Å². The van der Waals surface area contributed by atoms with Crippen molar-refractivity contribution in [3.8, 4) is 0 Å². The molecule has 0 bridgehead atoms. The number of oxazole rings is 1. The first-order valence-electron chi connectivity index (χ1n) is 6.34. The van der Waals surface area contributed by atoms with Crippen LogP contribution in [0.1, 0.15) is 6.42 Å². The zero-order valence-electron chi connectivity index (χ0n) is 10.3. The van der Waals surface area contributed by atoms with E-state index in [1.165, 1.54) is 13.0 Å². The fourth-order valence-electron chi connectivity index (χ4n) is 2.82. The Labute approximate surface area is 122 Å². The van der Waals surface area contributed by atoms with E-state index in [0.29, 0.717) is 11.1 Å². The van der Waals surface area contributed by atoms with Crippen molar-refractivity contribution in [1.82, 2.24) is 10.3 Å². The van der Waals surface area contributed by atoms with Crippen LogP contribution in [0.25, 0.3) is 11.1 Å². The van der Waals surface area contributed by atoms with E-state index in [9.17, 15) is 0 Å². The van der Waals surface area contributed by atoms with E-state index in [1.54, 1.807) is 0 Å². The Bertz CT molecular complexity index is 601. The van der Waals surface area contributed by atoms with Gasteiger partial charge in [0.2, 0.25) is 0 Å². The Hall–Kier alpha value is -0.970. The monoisotopic (exact) mass is 299 g/mol. The number of hydrogen-bond donors (Lipinski definition) is 1. The Morgan fingerprint density at radius 2 is 2.32 bits per heavy atom. The summed E-state index contributed by atoms with van der Waals surface area (Å²) in [6, 6.07) is 6.89. The van der Waals surface area contributed by atoms with E-state index in [-0.39, 0.29) is 12.4 Å². The van der Waals surface area contributed by atoms with Crippen molar-refractivity contribution >= 4 is 41.1 Å². The number of piperidine rings is 1. The molecule has 4 nitrogen and oxygen atoms in total. The van der Waals surface area contributed by atoms with Crippen LogP contribution in [0.4, 0.5) is 6.01 Å². The SMILES string of the molecule is Cl.Clc1ccc2oc(N3CCC4CNC4C3)nc2c1. The molecule has 0 amide bonds. The summed E-state index contributed by atoms with van der Waals surface area (Å²) in [5.74, 6) is 0.847. The molecule has 3 heterocycles. The highest BCUT2D eigenvalue weighted by Crippen LogP contribution is 2.30. The Morgan fingerprint density at radius 3 is 3.05 bits per heavy atom. The Morgan fingerprint density at radius 1 is 1.42 bits per heavy atom. The van der Waals surface area contributed by atoms with Gasteiger partial charge >= 0.3 is 0 Å². The van der Waals surface area contributed by atoms with Gasteiger partial charge < -0.3 is 14.6 Å². The molecule has 2 fully saturated rings. The van der Waals surface area contributed by atoms with Crippen LogP contribution >= 0.6 is 24.0 Å². The highest BCUT2D eigenvalue weighted by atomic mass is 35.5. The summed E-state index contributed by atoms with van der Waals surface area (Å²) >= 11 is 5.96. The maximum Gasteiger partial charge on any atom is 0.298 e. The number of hydrogen-bond acceptors (Lipinski definition) is 4. The molecule has 6 heteroatoms. The van der Waals surface area contributed by atoms with Gasteiger partial charge in [0.15, 0.2) is 5.58 Å². The average molecular weight is 300 g/mol. The van der Waals surface area contributed by atoms with Crippen molar-refractivity contribution in [1.29, 1.82) is 0 Å². The van der Waals surface area contributed by atoms with E-state index in [2.05, 4.69) is 15.2 Å². The molecule has 102 valence electrons. The minimum atomic E-state index is 0. The second-order valence-electron chi connectivity index (χ2n) is 5.12. The van der Waals surface area contributed by atoms with E-state index in [0.717, 1.165) is 36.1 Å². The smallest absolute Gasteiger partial charge is 0.298 e. The van der Waals surface area contributed by atoms with Crippen LogP contribution < -0.4 is 10.2 Å². The second kappa shape index (κ2) is 4.85. The summed E-state index contributed by atoms with van der Waals surface area (Å²) in [5.41, 5.74) is 1.64. The molecular weight excluding hydrogens is 285 g/mol. The molecule has 1 aromatic carbocycles. The van der Waals surface area contributed by atoms with Crippen LogP contribution in [-0.4, -0.2) is 30.7 Å². The van der Waals surface area contributed by atoms with Crippen LogP contribution in [0.3, 0.4) is 0 Å². The number of halogens is 2. The number of rotatable bonds is 1. The molecule has 4 rings (SSSR count). The molecule has 2 atom stereocenters. The van der Waals surface area contributed by atoms with Crippen LogP contribution in [0.5, 0.6) is 0 Å². The van der Waals surface area contributed by atoms with Gasteiger partial charge in [-0.2, -0.15) is 4.98 Å². The largest absolute Gasteiger partial charge is 0.423 e. The zero-order valence-corrected chi connectivity index (χ0v) is 11.9. The third kappa shape index (κ3) is 2.18. The molecule has 0 aliphatic carbocycles. The molecule has 2 aliphatic rings. The maximum absolute atomic E-state index is 5.96. The summed E-state index contributed by atoms with van der Waals surface area (Å²) in [4.78, 5) is 6.75. The molecule has 19 heavy (non-hydrogen) atoms. The van der Waals surface area contributed by atoms with Gasteiger partial charge in [0.05, 0.1) is 0 Å². The third-order valence-corrected chi connectivity index (χ3v) is 4.24. The first kappa shape index (κ1) is 13.0. The lowest BCUT2D eigenvalue weighted by Gasteiger charge is -2.45. The fourth-order valence-corrected chi connectivity index (χ4v) is 2.98. The molecule has 2 aromatic rings. The van der Waals surface area contributed by atoms with Gasteiger partial charge in [-0.15, -0.1) is 12.4 Å². The van der Waals surface area contributed by atoms with Crippen molar-refractivity contribution < 1.29 is 4.42 Å². The van der Waals surface area contributed by atoms with Crippen molar-refractivity contribution in [2.24, 2.45) is 5.92 Å². The standard InChI is InChI=1S/C13H14ClN3O.ClH/c14-9-1-2-12-10(5-9)16-13(18-12)17-4-3-8-6-15-11(8)7-17;/h1-2,5,8,11,15H,3-4,6-7H2;1H. The van der Waals surface area contributed by atoms with Gasteiger partial charge in [-0.25, -0.2) is 0 Å². The molecule has 2 aliphatic heterocycles. The highest BCUT2D eigenvalue weighted by molar-refractivity contribution is 6.31. The summed E-state index contributed by atoms with van der Waals surface area (Å²) in [6.45, 7) is 3.19. The highest BCUT2D eigenvalue weighted by Gasteiger charge is 2.36. The number of fused-ring (bicyclic) bond motifs is 2. The van der Waals surface area contributed by atoms with Crippen LogP contribution in [0.15, 0.2) is 22.6 Å². The molecule has 2 unspecified atom stereocenters. The minimum absolute atomic E-state index is 0. The summed E-state index contributed by atoms with van der Waals surface area (Å²) in [7, 11) is 0. The average Bonchev–Trinajstić information content (AvgIpc) is 2.73. The van der Waals surface area contributed by atoms with Gasteiger partial charge in [0.1, 0.15) is 5.52 Å². The quantitative estimate of drug-likeness (QED) is 0.879. The van der Waals surface area contributed by atoms with Crippen LogP contribution in [-0.2, 0) is 0 Å².